The van der Waals surface area contributed by atoms with Crippen molar-refractivity contribution in [1.82, 2.24) is 0 Å². The predicted octanol–water partition coefficient (Wildman–Crippen LogP) is 1.33. The smallest absolute Gasteiger partial charge is 0.282 e. The lowest BCUT2D eigenvalue weighted by molar-refractivity contribution is 0.314. The number of hydrogen-bond donors (Lipinski definition) is 1. The first kappa shape index (κ1) is 11.4. The van der Waals surface area contributed by atoms with Gasteiger partial charge < -0.3 is 15.4 Å². The molecule has 0 radical (unpaired) electrons. The fraction of sp³-hybridized carbons (Fsp3) is 0.500. The minimum atomic E-state index is 0.156. The lowest BCUT2D eigenvalue weighted by atomic mass is 10.1. The molecule has 1 aliphatic carbocycles. The van der Waals surface area contributed by atoms with Crippen molar-refractivity contribution in [2.24, 2.45) is 10.7 Å². The van der Waals surface area contributed by atoms with Crippen molar-refractivity contribution in [3.8, 4) is 0 Å². The number of aliphatic imine (C=N–C) groups is 1. The summed E-state index contributed by atoms with van der Waals surface area (Å²) in [5, 5.41) is 0. The van der Waals surface area contributed by atoms with Gasteiger partial charge in [-0.05, 0) is 42.5 Å². The Morgan fingerprint density at radius 1 is 1.39 bits per heavy atom. The number of fused-ring (bicyclic) bond motifs is 1. The molecule has 1 aromatic carbocycles. The highest BCUT2D eigenvalue weighted by atomic mass is 16.5. The second kappa shape index (κ2) is 4.52. The van der Waals surface area contributed by atoms with Crippen LogP contribution in [0.4, 0.5) is 5.69 Å². The minimum absolute atomic E-state index is 0.156. The van der Waals surface area contributed by atoms with Crippen LogP contribution in [-0.4, -0.2) is 32.3 Å². The number of nitrogens with zero attached hydrogens (tertiary/aromatic N) is 2. The third-order valence-corrected chi connectivity index (χ3v) is 3.74. The predicted molar refractivity (Wildman–Crippen MR) is 73.1 cm³/mol. The normalized spacial score (nSPS) is 21.4. The monoisotopic (exact) mass is 245 g/mol. The van der Waals surface area contributed by atoms with E-state index in [1.54, 1.807) is 0 Å². The fourth-order valence-corrected chi connectivity index (χ4v) is 2.75. The largest absolute Gasteiger partial charge is 0.463 e. The van der Waals surface area contributed by atoms with Gasteiger partial charge in [-0.3, -0.25) is 0 Å². The maximum Gasteiger partial charge on any atom is 0.282 e. The molecule has 2 N–H and O–H groups in total. The second-order valence-electron chi connectivity index (χ2n) is 5.12. The van der Waals surface area contributed by atoms with E-state index < -0.39 is 0 Å². The minimum Gasteiger partial charge on any atom is -0.463 e. The number of nitrogens with two attached hydrogens (primary N) is 1. The summed E-state index contributed by atoms with van der Waals surface area (Å²) in [7, 11) is 2.10. The first-order valence-electron chi connectivity index (χ1n) is 6.51. The Labute approximate surface area is 107 Å². The Hall–Kier alpha value is -1.71. The molecule has 2 aliphatic rings. The topological polar surface area (TPSA) is 50.9 Å². The van der Waals surface area contributed by atoms with Crippen LogP contribution >= 0.6 is 0 Å². The van der Waals surface area contributed by atoms with Gasteiger partial charge in [0.1, 0.15) is 12.6 Å². The van der Waals surface area contributed by atoms with Gasteiger partial charge in [0.2, 0.25) is 0 Å². The van der Waals surface area contributed by atoms with Gasteiger partial charge in [-0.15, -0.1) is 0 Å². The van der Waals surface area contributed by atoms with Crippen LogP contribution in [0.1, 0.15) is 17.5 Å². The molecule has 0 saturated heterocycles. The molecule has 0 amide bonds. The zero-order chi connectivity index (χ0) is 12.5. The summed E-state index contributed by atoms with van der Waals surface area (Å²) in [4.78, 5) is 6.49. The number of hydrogen-bond acceptors (Lipinski definition) is 4. The maximum absolute atomic E-state index is 5.52. The highest BCUT2D eigenvalue weighted by Crippen LogP contribution is 2.26. The van der Waals surface area contributed by atoms with Gasteiger partial charge >= 0.3 is 0 Å². The van der Waals surface area contributed by atoms with Crippen LogP contribution in [0.25, 0.3) is 0 Å². The number of anilines is 1. The van der Waals surface area contributed by atoms with Crippen molar-refractivity contribution in [1.29, 1.82) is 0 Å². The van der Waals surface area contributed by atoms with E-state index in [9.17, 15) is 0 Å². The molecule has 0 saturated carbocycles. The van der Waals surface area contributed by atoms with Gasteiger partial charge in [0.05, 0.1) is 0 Å². The first-order chi connectivity index (χ1) is 8.72. The number of amidine groups is 1. The Morgan fingerprint density at radius 2 is 2.22 bits per heavy atom. The zero-order valence-corrected chi connectivity index (χ0v) is 10.7. The molecule has 4 heteroatoms. The fourth-order valence-electron chi connectivity index (χ4n) is 2.75. The Morgan fingerprint density at radius 3 is 3.00 bits per heavy atom. The molecule has 4 nitrogen and oxygen atoms in total. The van der Waals surface area contributed by atoms with Crippen LogP contribution in [0.3, 0.4) is 0 Å². The van der Waals surface area contributed by atoms with E-state index in [1.807, 2.05) is 0 Å². The standard InChI is InChI=1S/C14H19N3O/c1-17(8-12-9-18-14(15)16-12)13-6-5-10-3-2-4-11(10)7-13/h5-7,12H,2-4,8-9H2,1H3,(H2,15,16). The van der Waals surface area contributed by atoms with Crippen molar-refractivity contribution >= 4 is 11.7 Å². The summed E-state index contributed by atoms with van der Waals surface area (Å²) in [6, 6.07) is 7.25. The Bertz CT molecular complexity index is 484. The number of rotatable bonds is 3. The van der Waals surface area contributed by atoms with Crippen LogP contribution < -0.4 is 10.6 Å². The number of aryl methyl sites for hydroxylation is 2. The lowest BCUT2D eigenvalue weighted by Gasteiger charge is -2.21. The summed E-state index contributed by atoms with van der Waals surface area (Å²) < 4.78 is 5.18. The molecule has 0 aromatic heterocycles. The third-order valence-electron chi connectivity index (χ3n) is 3.74. The van der Waals surface area contributed by atoms with E-state index in [4.69, 9.17) is 10.5 Å². The van der Waals surface area contributed by atoms with Gasteiger partial charge in [-0.2, -0.15) is 0 Å². The van der Waals surface area contributed by atoms with Crippen LogP contribution in [0.15, 0.2) is 23.2 Å². The van der Waals surface area contributed by atoms with Crippen molar-refractivity contribution < 1.29 is 4.74 Å². The van der Waals surface area contributed by atoms with Gasteiger partial charge in [0.25, 0.3) is 6.02 Å². The van der Waals surface area contributed by atoms with E-state index in [-0.39, 0.29) is 6.04 Å². The third kappa shape index (κ3) is 2.15. The van der Waals surface area contributed by atoms with Crippen molar-refractivity contribution in [3.63, 3.8) is 0 Å². The maximum atomic E-state index is 5.52. The molecular formula is C14H19N3O. The van der Waals surface area contributed by atoms with Gasteiger partial charge in [-0.25, -0.2) is 4.99 Å². The average Bonchev–Trinajstić information content (AvgIpc) is 2.96. The Balaban J connectivity index is 1.70. The number of benzene rings is 1. The van der Waals surface area contributed by atoms with Crippen molar-refractivity contribution in [2.75, 3.05) is 25.1 Å². The molecule has 18 heavy (non-hydrogen) atoms. The van der Waals surface area contributed by atoms with Crippen molar-refractivity contribution in [3.05, 3.63) is 29.3 Å². The van der Waals surface area contributed by atoms with E-state index >= 15 is 0 Å². The molecule has 0 bridgehead atoms. The Kier molecular flexibility index (Phi) is 2.86. The summed E-state index contributed by atoms with van der Waals surface area (Å²) in [5.41, 5.74) is 9.80. The van der Waals surface area contributed by atoms with E-state index in [2.05, 4.69) is 35.1 Å². The SMILES string of the molecule is CN(CC1COC(N)=N1)c1ccc2c(c1)CCC2. The van der Waals surface area contributed by atoms with Crippen LogP contribution in [0.5, 0.6) is 0 Å². The molecule has 1 atom stereocenters. The molecular weight excluding hydrogens is 226 g/mol. The average molecular weight is 245 g/mol. The van der Waals surface area contributed by atoms with Crippen molar-refractivity contribution in [2.45, 2.75) is 25.3 Å². The van der Waals surface area contributed by atoms with E-state index in [1.165, 1.54) is 36.1 Å². The molecule has 3 rings (SSSR count). The number of likely N-dealkylation sites (N-methyl/N-ethyl adjacent to an activating group) is 1. The zero-order valence-electron chi connectivity index (χ0n) is 10.7. The van der Waals surface area contributed by atoms with Crippen LogP contribution in [0.2, 0.25) is 0 Å². The summed E-state index contributed by atoms with van der Waals surface area (Å²) in [6.45, 7) is 1.45. The highest BCUT2D eigenvalue weighted by molar-refractivity contribution is 5.73. The van der Waals surface area contributed by atoms with Crippen LogP contribution in [-0.2, 0) is 17.6 Å². The summed E-state index contributed by atoms with van der Waals surface area (Å²) in [5.74, 6) is 0. The molecule has 1 aromatic rings. The number of ether oxygens (including phenoxy) is 1. The highest BCUT2D eigenvalue weighted by Gasteiger charge is 2.19. The molecule has 1 aliphatic heterocycles. The van der Waals surface area contributed by atoms with E-state index in [0.29, 0.717) is 12.6 Å². The summed E-state index contributed by atoms with van der Waals surface area (Å²) in [6.07, 6.45) is 3.74. The summed E-state index contributed by atoms with van der Waals surface area (Å²) >= 11 is 0. The van der Waals surface area contributed by atoms with Gasteiger partial charge in [-0.1, -0.05) is 6.07 Å². The lowest BCUT2D eigenvalue weighted by Crippen LogP contribution is -2.28. The molecule has 1 heterocycles. The molecule has 1 unspecified atom stereocenters. The van der Waals surface area contributed by atoms with Gasteiger partial charge in [0.15, 0.2) is 0 Å². The molecule has 0 fully saturated rings. The van der Waals surface area contributed by atoms with Gasteiger partial charge in [0, 0.05) is 19.3 Å². The quantitative estimate of drug-likeness (QED) is 0.874. The molecule has 96 valence electrons. The first-order valence-corrected chi connectivity index (χ1v) is 6.51. The molecule has 0 spiro atoms. The van der Waals surface area contributed by atoms with E-state index in [0.717, 1.165) is 6.54 Å². The van der Waals surface area contributed by atoms with Crippen LogP contribution in [0, 0.1) is 0 Å². The second-order valence-corrected chi connectivity index (χ2v) is 5.12.